The van der Waals surface area contributed by atoms with Crippen molar-refractivity contribution in [3.8, 4) is 5.75 Å². The predicted molar refractivity (Wildman–Crippen MR) is 97.4 cm³/mol. The lowest BCUT2D eigenvalue weighted by Crippen LogP contribution is -2.14. The summed E-state index contributed by atoms with van der Waals surface area (Å²) in [6.45, 7) is 0. The summed E-state index contributed by atoms with van der Waals surface area (Å²) in [7, 11) is 1.49. The Balaban J connectivity index is 1.75. The molecule has 3 rings (SSSR count). The zero-order valence-electron chi connectivity index (χ0n) is 14.0. The van der Waals surface area contributed by atoms with Crippen LogP contribution in [0.5, 0.6) is 5.75 Å². The zero-order valence-corrected chi connectivity index (χ0v) is 14.0. The Bertz CT molecular complexity index is 915. The highest BCUT2D eigenvalue weighted by molar-refractivity contribution is 6.06. The van der Waals surface area contributed by atoms with Crippen molar-refractivity contribution in [3.05, 3.63) is 78.4 Å². The minimum absolute atomic E-state index is 0.285. The number of aromatic nitrogens is 2. The smallest absolute Gasteiger partial charge is 0.257 e. The zero-order chi connectivity index (χ0) is 18.4. The number of hydrogen-bond donors (Lipinski definition) is 2. The number of carbonyl (C=O) groups is 2. The fraction of sp³-hybridized carbons (Fsp3) is 0.0526. The van der Waals surface area contributed by atoms with Crippen LogP contribution in [-0.4, -0.2) is 28.9 Å². The van der Waals surface area contributed by atoms with Crippen LogP contribution in [-0.2, 0) is 0 Å². The molecule has 0 radical (unpaired) electrons. The number of pyridine rings is 2. The average Bonchev–Trinajstić information content (AvgIpc) is 2.70. The van der Waals surface area contributed by atoms with E-state index in [0.29, 0.717) is 28.3 Å². The molecule has 0 aliphatic carbocycles. The van der Waals surface area contributed by atoms with Crippen LogP contribution >= 0.6 is 0 Å². The highest BCUT2D eigenvalue weighted by Crippen LogP contribution is 2.28. The van der Waals surface area contributed by atoms with Crippen LogP contribution in [0.15, 0.2) is 67.3 Å². The summed E-state index contributed by atoms with van der Waals surface area (Å²) >= 11 is 0. The van der Waals surface area contributed by atoms with E-state index in [1.54, 1.807) is 54.9 Å². The number of methoxy groups -OCH3 is 1. The molecule has 2 aromatic heterocycles. The van der Waals surface area contributed by atoms with Gasteiger partial charge in [0.15, 0.2) is 0 Å². The first kappa shape index (κ1) is 17.1. The number of benzene rings is 1. The molecule has 2 heterocycles. The molecule has 0 atom stereocenters. The first-order valence-electron chi connectivity index (χ1n) is 7.78. The summed E-state index contributed by atoms with van der Waals surface area (Å²) in [4.78, 5) is 32.3. The molecule has 7 heteroatoms. The maximum Gasteiger partial charge on any atom is 0.257 e. The van der Waals surface area contributed by atoms with E-state index in [1.807, 2.05) is 0 Å². The van der Waals surface area contributed by atoms with Gasteiger partial charge in [-0.15, -0.1) is 0 Å². The van der Waals surface area contributed by atoms with Gasteiger partial charge in [0.05, 0.1) is 23.9 Å². The van der Waals surface area contributed by atoms with E-state index < -0.39 is 0 Å². The number of amides is 2. The molecule has 0 spiro atoms. The van der Waals surface area contributed by atoms with Crippen LogP contribution in [0, 0.1) is 0 Å². The van der Waals surface area contributed by atoms with Gasteiger partial charge in [0.25, 0.3) is 11.8 Å². The second kappa shape index (κ2) is 7.89. The highest BCUT2D eigenvalue weighted by Gasteiger charge is 2.12. The van der Waals surface area contributed by atoms with Gasteiger partial charge in [-0.1, -0.05) is 0 Å². The molecule has 7 nitrogen and oxygen atoms in total. The lowest BCUT2D eigenvalue weighted by atomic mass is 10.2. The minimum atomic E-state index is -0.302. The summed E-state index contributed by atoms with van der Waals surface area (Å²) in [5.74, 6) is -0.165. The Morgan fingerprint density at radius 3 is 2.04 bits per heavy atom. The number of rotatable bonds is 5. The summed E-state index contributed by atoms with van der Waals surface area (Å²) in [6.07, 6.45) is 6.15. The van der Waals surface area contributed by atoms with Crippen LogP contribution in [0.2, 0.25) is 0 Å². The molecule has 0 fully saturated rings. The highest BCUT2D eigenvalue weighted by atomic mass is 16.5. The molecule has 0 unspecified atom stereocenters. The monoisotopic (exact) mass is 348 g/mol. The Morgan fingerprint density at radius 2 is 1.50 bits per heavy atom. The van der Waals surface area contributed by atoms with Gasteiger partial charge in [-0.3, -0.25) is 19.6 Å². The largest absolute Gasteiger partial charge is 0.494 e. The van der Waals surface area contributed by atoms with Crippen LogP contribution in [0.1, 0.15) is 20.7 Å². The molecular formula is C19H16N4O3. The van der Waals surface area contributed by atoms with Crippen molar-refractivity contribution >= 4 is 23.2 Å². The van der Waals surface area contributed by atoms with Gasteiger partial charge in [-0.05, 0) is 36.4 Å². The summed E-state index contributed by atoms with van der Waals surface area (Å²) in [5, 5.41) is 5.53. The van der Waals surface area contributed by atoms with Crippen molar-refractivity contribution in [2.24, 2.45) is 0 Å². The Morgan fingerprint density at radius 1 is 0.885 bits per heavy atom. The lowest BCUT2D eigenvalue weighted by molar-refractivity contribution is 0.101. The van der Waals surface area contributed by atoms with Crippen molar-refractivity contribution in [2.45, 2.75) is 0 Å². The van der Waals surface area contributed by atoms with Gasteiger partial charge >= 0.3 is 0 Å². The van der Waals surface area contributed by atoms with E-state index in [9.17, 15) is 9.59 Å². The molecule has 3 aromatic rings. The number of carbonyl (C=O) groups excluding carboxylic acids is 2. The number of ether oxygens (including phenoxy) is 1. The van der Waals surface area contributed by atoms with Gasteiger partial charge < -0.3 is 15.4 Å². The van der Waals surface area contributed by atoms with E-state index in [-0.39, 0.29) is 11.8 Å². The average molecular weight is 348 g/mol. The molecule has 26 heavy (non-hydrogen) atoms. The van der Waals surface area contributed by atoms with E-state index >= 15 is 0 Å². The Hall–Kier alpha value is -3.74. The normalized spacial score (nSPS) is 10.0. The molecule has 0 bridgehead atoms. The third-order valence-electron chi connectivity index (χ3n) is 3.56. The molecule has 1 aromatic carbocycles. The molecule has 0 saturated carbocycles. The van der Waals surface area contributed by atoms with Gasteiger partial charge in [0.2, 0.25) is 0 Å². The third kappa shape index (κ3) is 4.02. The van der Waals surface area contributed by atoms with Gasteiger partial charge in [0.1, 0.15) is 5.75 Å². The lowest BCUT2D eigenvalue weighted by Gasteiger charge is -2.12. The fourth-order valence-corrected chi connectivity index (χ4v) is 2.26. The van der Waals surface area contributed by atoms with Crippen molar-refractivity contribution < 1.29 is 14.3 Å². The van der Waals surface area contributed by atoms with E-state index in [4.69, 9.17) is 4.74 Å². The summed E-state index contributed by atoms with van der Waals surface area (Å²) in [5.41, 5.74) is 1.90. The van der Waals surface area contributed by atoms with Crippen LogP contribution < -0.4 is 15.4 Å². The standard InChI is InChI=1S/C19H16N4O3/c1-26-17-10-15(22-18(24)13-4-2-8-20-11-13)6-7-16(17)23-19(25)14-5-3-9-21-12-14/h2-12H,1H3,(H,22,24)(H,23,25). The van der Waals surface area contributed by atoms with Gasteiger partial charge in [0, 0.05) is 36.5 Å². The van der Waals surface area contributed by atoms with Gasteiger partial charge in [-0.2, -0.15) is 0 Å². The molecule has 2 N–H and O–H groups in total. The number of anilines is 2. The first-order chi connectivity index (χ1) is 12.7. The number of hydrogen-bond acceptors (Lipinski definition) is 5. The van der Waals surface area contributed by atoms with Crippen molar-refractivity contribution in [3.63, 3.8) is 0 Å². The topological polar surface area (TPSA) is 93.2 Å². The SMILES string of the molecule is COc1cc(NC(=O)c2cccnc2)ccc1NC(=O)c1cccnc1. The summed E-state index contributed by atoms with van der Waals surface area (Å²) in [6, 6.07) is 11.7. The molecule has 130 valence electrons. The molecule has 0 aliphatic heterocycles. The molecule has 0 aliphatic rings. The van der Waals surface area contributed by atoms with Crippen LogP contribution in [0.25, 0.3) is 0 Å². The maximum absolute atomic E-state index is 12.2. The molecule has 0 saturated heterocycles. The molecule has 2 amide bonds. The van der Waals surface area contributed by atoms with E-state index in [0.717, 1.165) is 0 Å². The third-order valence-corrected chi connectivity index (χ3v) is 3.56. The quantitative estimate of drug-likeness (QED) is 0.739. The second-order valence-corrected chi connectivity index (χ2v) is 5.31. The van der Waals surface area contributed by atoms with Crippen molar-refractivity contribution in [1.29, 1.82) is 0 Å². The number of nitrogens with one attached hydrogen (secondary N) is 2. The second-order valence-electron chi connectivity index (χ2n) is 5.31. The molecular weight excluding hydrogens is 332 g/mol. The Labute approximate surface area is 150 Å². The fourth-order valence-electron chi connectivity index (χ4n) is 2.26. The Kier molecular flexibility index (Phi) is 5.19. The van der Waals surface area contributed by atoms with Crippen molar-refractivity contribution in [2.75, 3.05) is 17.7 Å². The minimum Gasteiger partial charge on any atom is -0.494 e. The predicted octanol–water partition coefficient (Wildman–Crippen LogP) is 2.99. The van der Waals surface area contributed by atoms with E-state index in [2.05, 4.69) is 20.6 Å². The van der Waals surface area contributed by atoms with Crippen molar-refractivity contribution in [1.82, 2.24) is 9.97 Å². The van der Waals surface area contributed by atoms with Crippen LogP contribution in [0.4, 0.5) is 11.4 Å². The van der Waals surface area contributed by atoms with E-state index in [1.165, 1.54) is 19.5 Å². The van der Waals surface area contributed by atoms with Gasteiger partial charge in [-0.25, -0.2) is 0 Å². The number of nitrogens with zero attached hydrogens (tertiary/aromatic N) is 2. The van der Waals surface area contributed by atoms with Crippen LogP contribution in [0.3, 0.4) is 0 Å². The first-order valence-corrected chi connectivity index (χ1v) is 7.78. The maximum atomic E-state index is 12.2. The summed E-state index contributed by atoms with van der Waals surface area (Å²) < 4.78 is 5.32.